The number of hydrogen-bond acceptors (Lipinski definition) is 4. The summed E-state index contributed by atoms with van der Waals surface area (Å²) in [6, 6.07) is -0.0949. The molecule has 0 bridgehead atoms. The van der Waals surface area contributed by atoms with Crippen molar-refractivity contribution in [2.45, 2.75) is 112 Å². The molecule has 5 unspecified atom stereocenters. The molecule has 0 aromatic carbocycles. The number of Topliss-reactive ketones (excluding diaryl/α,β-unsaturated/α-hetero) is 1. The number of aliphatic carboxylic acids is 1. The zero-order valence-electron chi connectivity index (χ0n) is 22.2. The van der Waals surface area contributed by atoms with Crippen LogP contribution in [0, 0.1) is 61.6 Å². The molecule has 0 amide bonds. The Hall–Kier alpha value is -1.26. The Kier molecular flexibility index (Phi) is 5.31. The van der Waals surface area contributed by atoms with Crippen LogP contribution in [0.4, 0.5) is 0 Å². The molecular weight excluding hydrogens is 426 g/mol. The van der Waals surface area contributed by atoms with Gasteiger partial charge in [-0.15, -0.1) is 0 Å². The summed E-state index contributed by atoms with van der Waals surface area (Å²) in [6.07, 6.45) is 9.45. The van der Waals surface area contributed by atoms with E-state index in [1.165, 1.54) is 0 Å². The van der Waals surface area contributed by atoms with Gasteiger partial charge in [0, 0.05) is 5.92 Å². The first-order valence-electron chi connectivity index (χ1n) is 13.9. The van der Waals surface area contributed by atoms with Crippen molar-refractivity contribution in [3.8, 4) is 0 Å². The number of fused-ring (bicyclic) bond motifs is 7. The number of nitrogens with zero attached hydrogens (tertiary/aromatic N) is 1. The molecule has 10 atom stereocenters. The van der Waals surface area contributed by atoms with Crippen LogP contribution in [0.2, 0.25) is 0 Å². The minimum Gasteiger partial charge on any atom is -0.481 e. The number of rotatable bonds is 3. The molecule has 0 heterocycles. The van der Waals surface area contributed by atoms with Crippen molar-refractivity contribution in [3.05, 3.63) is 4.91 Å². The van der Waals surface area contributed by atoms with Gasteiger partial charge in [0.15, 0.2) is 0 Å². The summed E-state index contributed by atoms with van der Waals surface area (Å²) >= 11 is 0. The van der Waals surface area contributed by atoms with Crippen molar-refractivity contribution in [1.82, 2.24) is 0 Å². The van der Waals surface area contributed by atoms with Gasteiger partial charge in [0.25, 0.3) is 0 Å². The Morgan fingerprint density at radius 2 is 1.50 bits per heavy atom. The zero-order valence-corrected chi connectivity index (χ0v) is 22.2. The highest BCUT2D eigenvalue weighted by atomic mass is 16.4. The van der Waals surface area contributed by atoms with Gasteiger partial charge >= 0.3 is 5.97 Å². The summed E-state index contributed by atoms with van der Waals surface area (Å²) < 4.78 is 0. The number of carbonyl (C=O) groups excluding carboxylic acids is 1. The van der Waals surface area contributed by atoms with Crippen LogP contribution in [-0.4, -0.2) is 22.9 Å². The molecule has 1 N–H and O–H groups in total. The molecule has 5 aliphatic rings. The Bertz CT molecular complexity index is 914. The topological polar surface area (TPSA) is 83.8 Å². The van der Waals surface area contributed by atoms with E-state index in [0.717, 1.165) is 57.8 Å². The van der Waals surface area contributed by atoms with Gasteiger partial charge in [-0.1, -0.05) is 39.8 Å². The quantitative estimate of drug-likeness (QED) is 0.455. The normalized spacial score (nSPS) is 53.6. The molecule has 5 nitrogen and oxygen atoms in total. The molecule has 0 aliphatic heterocycles. The summed E-state index contributed by atoms with van der Waals surface area (Å²) in [5, 5.41) is 14.0. The third kappa shape index (κ3) is 2.73. The monoisotopic (exact) mass is 471 g/mol. The lowest BCUT2D eigenvalue weighted by molar-refractivity contribution is -0.239. The van der Waals surface area contributed by atoms with Crippen LogP contribution in [0.1, 0.15) is 106 Å². The molecule has 0 radical (unpaired) electrons. The van der Waals surface area contributed by atoms with Crippen LogP contribution in [0.3, 0.4) is 0 Å². The highest BCUT2D eigenvalue weighted by Crippen LogP contribution is 2.77. The van der Waals surface area contributed by atoms with E-state index in [1.807, 2.05) is 0 Å². The predicted octanol–water partition coefficient (Wildman–Crippen LogP) is 6.88. The second kappa shape index (κ2) is 7.38. The molecule has 5 aliphatic carbocycles. The third-order valence-corrected chi connectivity index (χ3v) is 13.5. The minimum atomic E-state index is -0.708. The van der Waals surface area contributed by atoms with Gasteiger partial charge in [-0.2, -0.15) is 4.91 Å². The van der Waals surface area contributed by atoms with Gasteiger partial charge in [0.2, 0.25) is 0 Å². The fourth-order valence-electron chi connectivity index (χ4n) is 11.6. The lowest BCUT2D eigenvalue weighted by Crippen LogP contribution is -2.67. The van der Waals surface area contributed by atoms with Gasteiger partial charge in [-0.25, -0.2) is 0 Å². The Morgan fingerprint density at radius 1 is 0.794 bits per heavy atom. The predicted molar refractivity (Wildman–Crippen MR) is 132 cm³/mol. The van der Waals surface area contributed by atoms with Crippen molar-refractivity contribution in [1.29, 1.82) is 0 Å². The van der Waals surface area contributed by atoms with Crippen molar-refractivity contribution in [2.24, 2.45) is 61.8 Å². The molecular formula is C29H45NO4. The second-order valence-corrected chi connectivity index (χ2v) is 14.4. The van der Waals surface area contributed by atoms with E-state index in [4.69, 9.17) is 0 Å². The van der Waals surface area contributed by atoms with E-state index in [9.17, 15) is 19.6 Å². The fourth-order valence-corrected chi connectivity index (χ4v) is 11.6. The van der Waals surface area contributed by atoms with E-state index in [2.05, 4.69) is 39.8 Å². The largest absolute Gasteiger partial charge is 0.481 e. The first kappa shape index (κ1) is 24.4. The number of hydrogen-bond donors (Lipinski definition) is 1. The van der Waals surface area contributed by atoms with Crippen LogP contribution < -0.4 is 0 Å². The minimum absolute atomic E-state index is 0.0176. The second-order valence-electron chi connectivity index (χ2n) is 14.4. The lowest BCUT2D eigenvalue weighted by Gasteiger charge is -2.72. The molecule has 34 heavy (non-hydrogen) atoms. The molecule has 5 rings (SSSR count). The number of ketones is 1. The molecule has 5 fully saturated rings. The van der Waals surface area contributed by atoms with Gasteiger partial charge in [-0.05, 0) is 116 Å². The number of carbonyl (C=O) groups is 2. The summed E-state index contributed by atoms with van der Waals surface area (Å²) in [6.45, 7) is 13.7. The van der Waals surface area contributed by atoms with E-state index in [-0.39, 0.29) is 45.3 Å². The Balaban J connectivity index is 1.56. The summed E-state index contributed by atoms with van der Waals surface area (Å²) in [5.74, 6) is 0.789. The van der Waals surface area contributed by atoms with Crippen molar-refractivity contribution in [2.75, 3.05) is 0 Å². The number of nitroso groups, excluding NO2 is 1. The molecule has 5 saturated carbocycles. The maximum atomic E-state index is 12.7. The highest BCUT2D eigenvalue weighted by molar-refractivity contribution is 5.83. The summed E-state index contributed by atoms with van der Waals surface area (Å²) in [5.41, 5.74) is -0.421. The lowest BCUT2D eigenvalue weighted by atomic mass is 9.32. The van der Waals surface area contributed by atoms with Crippen molar-refractivity contribution < 1.29 is 14.7 Å². The van der Waals surface area contributed by atoms with Crippen LogP contribution >= 0.6 is 0 Å². The van der Waals surface area contributed by atoms with Gasteiger partial charge in [0.05, 0.1) is 11.5 Å². The number of carboxylic acid groups (broad SMARTS) is 1. The van der Waals surface area contributed by atoms with E-state index in [1.54, 1.807) is 6.92 Å². The van der Waals surface area contributed by atoms with E-state index in [0.29, 0.717) is 24.2 Å². The summed E-state index contributed by atoms with van der Waals surface area (Å²) in [4.78, 5) is 37.1. The summed E-state index contributed by atoms with van der Waals surface area (Å²) in [7, 11) is 0. The van der Waals surface area contributed by atoms with Crippen LogP contribution in [0.15, 0.2) is 5.18 Å². The standard InChI is InChI=1S/C29H45NO4/c1-17(31)18-9-14-29(24(32)33)16-15-27(5)19(23(18)29)7-8-21-26(4)12-11-22(30-34)25(2,3)20(26)10-13-28(21,27)6/h18-23H,7-16H2,1-6H3,(H,32,33)/t18?,19?,20?,21?,22-,23?,26-,27+,28+,29-/m0/s1. The molecule has 0 saturated heterocycles. The van der Waals surface area contributed by atoms with Gasteiger partial charge < -0.3 is 5.11 Å². The average Bonchev–Trinajstić information content (AvgIpc) is 3.15. The average molecular weight is 472 g/mol. The molecule has 0 spiro atoms. The van der Waals surface area contributed by atoms with Gasteiger partial charge in [0.1, 0.15) is 5.78 Å². The van der Waals surface area contributed by atoms with Crippen LogP contribution in [0.5, 0.6) is 0 Å². The smallest absolute Gasteiger partial charge is 0.309 e. The first-order chi connectivity index (χ1) is 15.8. The maximum Gasteiger partial charge on any atom is 0.309 e. The zero-order chi connectivity index (χ0) is 24.9. The SMILES string of the molecule is CC(=O)C1CC[C@]2(C(=O)O)CC[C@]3(C)C(CCC4[C@@]5(C)CC[C@H](N=O)C(C)(C)C5CC[C@]43C)C12. The van der Waals surface area contributed by atoms with Gasteiger partial charge in [-0.3, -0.25) is 9.59 Å². The molecule has 190 valence electrons. The van der Waals surface area contributed by atoms with E-state index >= 15 is 0 Å². The number of carboxylic acids is 1. The van der Waals surface area contributed by atoms with Crippen molar-refractivity contribution in [3.63, 3.8) is 0 Å². The molecule has 0 aromatic heterocycles. The molecule has 5 heteroatoms. The Morgan fingerprint density at radius 3 is 2.12 bits per heavy atom. The van der Waals surface area contributed by atoms with Crippen LogP contribution in [-0.2, 0) is 9.59 Å². The first-order valence-corrected chi connectivity index (χ1v) is 13.9. The Labute approximate surface area is 205 Å². The fraction of sp³-hybridized carbons (Fsp3) is 0.931. The van der Waals surface area contributed by atoms with Crippen molar-refractivity contribution >= 4 is 11.8 Å². The molecule has 0 aromatic rings. The van der Waals surface area contributed by atoms with Crippen LogP contribution in [0.25, 0.3) is 0 Å². The maximum absolute atomic E-state index is 12.7. The van der Waals surface area contributed by atoms with E-state index < -0.39 is 11.4 Å². The third-order valence-electron chi connectivity index (χ3n) is 13.5. The highest BCUT2D eigenvalue weighted by Gasteiger charge is 2.72.